The number of halogens is 2. The van der Waals surface area contributed by atoms with Crippen LogP contribution in [0.2, 0.25) is 5.02 Å². The van der Waals surface area contributed by atoms with E-state index in [4.69, 9.17) is 21.3 Å². The average Bonchev–Trinajstić information content (AvgIpc) is 3.27. The molecule has 2 aliphatic rings. The molecule has 0 radical (unpaired) electrons. The highest BCUT2D eigenvalue weighted by Crippen LogP contribution is 2.38. The summed E-state index contributed by atoms with van der Waals surface area (Å²) in [7, 11) is 0. The van der Waals surface area contributed by atoms with E-state index in [2.05, 4.69) is 43.3 Å². The SMILES string of the molecule is Cc1cn(CCNC(=O)[C@H]2CN(C3c4ccc(Cl)cc4CCc4cc(Br)cnc43)CCN2C(=O)OCc2ccccc2)c(C)n1. The van der Waals surface area contributed by atoms with Crippen molar-refractivity contribution in [2.24, 2.45) is 0 Å². The van der Waals surface area contributed by atoms with Crippen molar-refractivity contribution in [2.75, 3.05) is 26.2 Å². The van der Waals surface area contributed by atoms with Crippen LogP contribution >= 0.6 is 27.5 Å². The van der Waals surface area contributed by atoms with Crippen LogP contribution in [0, 0.1) is 13.8 Å². The van der Waals surface area contributed by atoms with Crippen LogP contribution in [0.25, 0.3) is 0 Å². The first kappa shape index (κ1) is 31.3. The second-order valence-corrected chi connectivity index (χ2v) is 13.0. The fourth-order valence-electron chi connectivity index (χ4n) is 6.38. The lowest BCUT2D eigenvalue weighted by atomic mass is 9.95. The van der Waals surface area contributed by atoms with Crippen LogP contribution in [0.3, 0.4) is 0 Å². The van der Waals surface area contributed by atoms with Gasteiger partial charge in [-0.3, -0.25) is 19.6 Å². The third kappa shape index (κ3) is 7.08. The Morgan fingerprint density at radius 3 is 2.64 bits per heavy atom. The minimum atomic E-state index is -0.759. The minimum absolute atomic E-state index is 0.135. The number of nitrogens with zero attached hydrogens (tertiary/aromatic N) is 5. The molecule has 1 fully saturated rings. The highest BCUT2D eigenvalue weighted by Gasteiger charge is 2.41. The number of aromatic nitrogens is 3. The van der Waals surface area contributed by atoms with E-state index in [1.54, 1.807) is 4.90 Å². The topological polar surface area (TPSA) is 92.6 Å². The number of carbonyl (C=O) groups is 2. The van der Waals surface area contributed by atoms with Crippen molar-refractivity contribution in [2.45, 2.75) is 51.9 Å². The zero-order valence-corrected chi connectivity index (χ0v) is 27.7. The fraction of sp³-hybridized carbons (Fsp3) is 0.353. The smallest absolute Gasteiger partial charge is 0.410 e. The summed E-state index contributed by atoms with van der Waals surface area (Å²) in [6, 6.07) is 16.8. The zero-order valence-electron chi connectivity index (χ0n) is 25.4. The first-order valence-corrected chi connectivity index (χ1v) is 16.4. The van der Waals surface area contributed by atoms with Gasteiger partial charge in [0.05, 0.1) is 17.4 Å². The van der Waals surface area contributed by atoms with Gasteiger partial charge in [0.1, 0.15) is 18.5 Å². The standard InChI is InChI=1S/C34H36BrClN6O3/c1-22-19-40(23(2)39-22)13-12-37-33(43)30-20-41(14-15-42(30)34(44)45-21-24-6-4-3-5-7-24)32-29-11-10-28(36)17-25(29)8-9-26-16-27(35)18-38-31(26)32/h3-7,10-11,16-19,30,32H,8-9,12-15,20-21H2,1-2H3,(H,37,43)/t30-,32?/m1/s1. The number of hydrogen-bond donors (Lipinski definition) is 1. The summed E-state index contributed by atoms with van der Waals surface area (Å²) in [5.41, 5.74) is 6.22. The van der Waals surface area contributed by atoms with E-state index >= 15 is 0 Å². The number of carbonyl (C=O) groups excluding carboxylic acids is 2. The Hall–Kier alpha value is -3.73. The molecule has 9 nitrogen and oxygen atoms in total. The Morgan fingerprint density at radius 1 is 1.07 bits per heavy atom. The van der Waals surface area contributed by atoms with Crippen molar-refractivity contribution in [1.82, 2.24) is 29.7 Å². The molecule has 0 spiro atoms. The number of amides is 2. The molecule has 1 aliphatic carbocycles. The Labute approximate surface area is 276 Å². The molecule has 1 N–H and O–H groups in total. The average molecular weight is 692 g/mol. The van der Waals surface area contributed by atoms with Gasteiger partial charge >= 0.3 is 6.09 Å². The normalized spacial score (nSPS) is 18.1. The number of fused-ring (bicyclic) bond motifs is 2. The Balaban J connectivity index is 1.27. The van der Waals surface area contributed by atoms with E-state index in [1.165, 1.54) is 5.56 Å². The maximum absolute atomic E-state index is 13.9. The van der Waals surface area contributed by atoms with Gasteiger partial charge < -0.3 is 14.6 Å². The van der Waals surface area contributed by atoms with Gasteiger partial charge in [0, 0.05) is 54.6 Å². The highest BCUT2D eigenvalue weighted by atomic mass is 79.9. The van der Waals surface area contributed by atoms with Gasteiger partial charge in [-0.25, -0.2) is 9.78 Å². The molecule has 2 amide bonds. The first-order chi connectivity index (χ1) is 21.8. The summed E-state index contributed by atoms with van der Waals surface area (Å²) in [5, 5.41) is 3.78. The molecule has 234 valence electrons. The molecule has 1 saturated heterocycles. The van der Waals surface area contributed by atoms with Crippen LogP contribution in [0.1, 0.15) is 45.5 Å². The van der Waals surface area contributed by atoms with Crippen molar-refractivity contribution in [3.05, 3.63) is 116 Å². The predicted octanol–water partition coefficient (Wildman–Crippen LogP) is 5.64. The number of aryl methyl sites for hydroxylation is 4. The van der Waals surface area contributed by atoms with Gasteiger partial charge in [0.2, 0.25) is 5.91 Å². The van der Waals surface area contributed by atoms with E-state index < -0.39 is 12.1 Å². The third-order valence-electron chi connectivity index (χ3n) is 8.56. The molecule has 45 heavy (non-hydrogen) atoms. The molecular weight excluding hydrogens is 656 g/mol. The predicted molar refractivity (Wildman–Crippen MR) is 176 cm³/mol. The number of rotatable bonds is 7. The monoisotopic (exact) mass is 690 g/mol. The molecule has 11 heteroatoms. The molecule has 4 aromatic rings. The van der Waals surface area contributed by atoms with Crippen molar-refractivity contribution >= 4 is 39.5 Å². The van der Waals surface area contributed by atoms with Crippen LogP contribution in [0.5, 0.6) is 0 Å². The maximum Gasteiger partial charge on any atom is 0.410 e. The number of benzene rings is 2. The Bertz CT molecular complexity index is 1640. The van der Waals surface area contributed by atoms with E-state index in [9.17, 15) is 9.59 Å². The molecule has 2 aromatic carbocycles. The van der Waals surface area contributed by atoms with Crippen molar-refractivity contribution < 1.29 is 14.3 Å². The summed E-state index contributed by atoms with van der Waals surface area (Å²) in [4.78, 5) is 40.6. The summed E-state index contributed by atoms with van der Waals surface area (Å²) in [5.74, 6) is 0.668. The fourth-order valence-corrected chi connectivity index (χ4v) is 6.95. The summed E-state index contributed by atoms with van der Waals surface area (Å²) >= 11 is 10.0. The van der Waals surface area contributed by atoms with Crippen LogP contribution in [0.4, 0.5) is 4.79 Å². The lowest BCUT2D eigenvalue weighted by molar-refractivity contribution is -0.128. The van der Waals surface area contributed by atoms with E-state index in [0.717, 1.165) is 51.2 Å². The number of hydrogen-bond acceptors (Lipinski definition) is 6. The first-order valence-electron chi connectivity index (χ1n) is 15.2. The molecule has 1 unspecified atom stereocenters. The van der Waals surface area contributed by atoms with E-state index in [-0.39, 0.29) is 18.6 Å². The third-order valence-corrected chi connectivity index (χ3v) is 9.23. The van der Waals surface area contributed by atoms with Gasteiger partial charge in [-0.15, -0.1) is 0 Å². The molecule has 0 bridgehead atoms. The van der Waals surface area contributed by atoms with Crippen molar-refractivity contribution in [3.63, 3.8) is 0 Å². The van der Waals surface area contributed by atoms with Crippen molar-refractivity contribution in [1.29, 1.82) is 0 Å². The van der Waals surface area contributed by atoms with Crippen LogP contribution < -0.4 is 5.32 Å². The molecular formula is C34H36BrClN6O3. The lowest BCUT2D eigenvalue weighted by Gasteiger charge is -2.43. The highest BCUT2D eigenvalue weighted by molar-refractivity contribution is 9.10. The lowest BCUT2D eigenvalue weighted by Crippen LogP contribution is -2.61. The van der Waals surface area contributed by atoms with Gasteiger partial charge in [-0.1, -0.05) is 48.0 Å². The summed E-state index contributed by atoms with van der Waals surface area (Å²) in [6.45, 7) is 6.20. The molecule has 2 atom stereocenters. The number of pyridine rings is 1. The maximum atomic E-state index is 13.9. The second-order valence-electron chi connectivity index (χ2n) is 11.6. The van der Waals surface area contributed by atoms with Crippen molar-refractivity contribution in [3.8, 4) is 0 Å². The number of ether oxygens (including phenoxy) is 1. The minimum Gasteiger partial charge on any atom is -0.445 e. The molecule has 1 aliphatic heterocycles. The molecule has 2 aromatic heterocycles. The van der Waals surface area contributed by atoms with Crippen LogP contribution in [-0.4, -0.2) is 68.6 Å². The second kappa shape index (κ2) is 13.7. The quantitative estimate of drug-likeness (QED) is 0.270. The van der Waals surface area contributed by atoms with Gasteiger partial charge in [0.25, 0.3) is 0 Å². The zero-order chi connectivity index (χ0) is 31.5. The molecule has 3 heterocycles. The Morgan fingerprint density at radius 2 is 1.87 bits per heavy atom. The van der Waals surface area contributed by atoms with E-state index in [0.29, 0.717) is 37.7 Å². The van der Waals surface area contributed by atoms with Gasteiger partial charge in [0.15, 0.2) is 0 Å². The molecule has 6 rings (SSSR count). The number of piperazine rings is 1. The number of imidazole rings is 1. The molecule has 0 saturated carbocycles. The van der Waals surface area contributed by atoms with Crippen LogP contribution in [-0.2, 0) is 35.5 Å². The summed E-state index contributed by atoms with van der Waals surface area (Å²) < 4.78 is 8.67. The summed E-state index contributed by atoms with van der Waals surface area (Å²) in [6.07, 6.45) is 4.95. The largest absolute Gasteiger partial charge is 0.445 e. The van der Waals surface area contributed by atoms with Crippen LogP contribution in [0.15, 0.2) is 71.5 Å². The van der Waals surface area contributed by atoms with E-state index in [1.807, 2.05) is 73.3 Å². The van der Waals surface area contributed by atoms with Gasteiger partial charge in [-0.2, -0.15) is 0 Å². The Kier molecular flexibility index (Phi) is 9.53. The van der Waals surface area contributed by atoms with Gasteiger partial charge in [-0.05, 0) is 83.1 Å². The number of nitrogens with one attached hydrogen (secondary N) is 1.